The third-order valence-electron chi connectivity index (χ3n) is 6.66. The maximum absolute atomic E-state index is 15.2. The van der Waals surface area contributed by atoms with Gasteiger partial charge in [0.1, 0.15) is 17.6 Å². The van der Waals surface area contributed by atoms with Gasteiger partial charge in [0.05, 0.1) is 17.2 Å². The molecule has 1 saturated carbocycles. The summed E-state index contributed by atoms with van der Waals surface area (Å²) < 4.78 is 30.6. The summed E-state index contributed by atoms with van der Waals surface area (Å²) >= 11 is 0. The summed E-state index contributed by atoms with van der Waals surface area (Å²) in [5.74, 6) is -1.47. The van der Waals surface area contributed by atoms with Crippen molar-refractivity contribution in [2.24, 2.45) is 5.92 Å². The molecule has 2 aliphatic heterocycles. The Morgan fingerprint density at radius 1 is 1.34 bits per heavy atom. The maximum atomic E-state index is 15.2. The number of alkyl halides is 1. The molecule has 8 heteroatoms. The van der Waals surface area contributed by atoms with Gasteiger partial charge in [0.2, 0.25) is 5.43 Å². The third kappa shape index (κ3) is 2.84. The van der Waals surface area contributed by atoms with Gasteiger partial charge in [0, 0.05) is 37.1 Å². The fourth-order valence-electron chi connectivity index (χ4n) is 5.14. The Bertz CT molecular complexity index is 1070. The molecule has 6 nitrogen and oxygen atoms in total. The van der Waals surface area contributed by atoms with Crippen LogP contribution in [-0.4, -0.2) is 47.5 Å². The number of nitrogens with zero attached hydrogens (tertiary/aromatic N) is 2. The van der Waals surface area contributed by atoms with Crippen molar-refractivity contribution in [1.82, 2.24) is 9.88 Å². The number of rotatable bonds is 3. The Balaban J connectivity index is 1.70. The van der Waals surface area contributed by atoms with Crippen molar-refractivity contribution in [3.8, 4) is 0 Å². The number of aryl methyl sites for hydroxylation is 1. The van der Waals surface area contributed by atoms with Crippen LogP contribution < -0.4 is 15.6 Å². The number of hydrogen-bond acceptors (Lipinski definition) is 4. The lowest BCUT2D eigenvalue weighted by atomic mass is 9.94. The number of carbonyl (C=O) groups is 1. The number of nitrogens with one attached hydrogen (secondary N) is 1. The van der Waals surface area contributed by atoms with Gasteiger partial charge in [0.15, 0.2) is 0 Å². The van der Waals surface area contributed by atoms with E-state index in [1.165, 1.54) is 10.8 Å². The number of pyridine rings is 1. The molecule has 29 heavy (non-hydrogen) atoms. The van der Waals surface area contributed by atoms with E-state index in [1.54, 1.807) is 6.92 Å². The number of benzene rings is 1. The molecule has 0 radical (unpaired) electrons. The number of anilines is 1. The van der Waals surface area contributed by atoms with E-state index < -0.39 is 35.0 Å². The molecule has 4 atom stereocenters. The molecule has 5 rings (SSSR count). The summed E-state index contributed by atoms with van der Waals surface area (Å²) in [5, 5.41) is 12.9. The van der Waals surface area contributed by atoms with E-state index in [0.717, 1.165) is 32.0 Å². The predicted octanol–water partition coefficient (Wildman–Crippen LogP) is 2.62. The predicted molar refractivity (Wildman–Crippen MR) is 105 cm³/mol. The van der Waals surface area contributed by atoms with Gasteiger partial charge in [-0.25, -0.2) is 13.6 Å². The number of aromatic nitrogens is 1. The summed E-state index contributed by atoms with van der Waals surface area (Å²) in [5.41, 5.74) is 0.238. The first-order chi connectivity index (χ1) is 13.9. The fourth-order valence-corrected chi connectivity index (χ4v) is 5.14. The number of carboxylic acids is 1. The minimum atomic E-state index is -1.39. The Kier molecular flexibility index (Phi) is 4.17. The van der Waals surface area contributed by atoms with Crippen LogP contribution in [0.15, 0.2) is 17.1 Å². The summed E-state index contributed by atoms with van der Waals surface area (Å²) in [6.45, 7) is 4.11. The highest BCUT2D eigenvalue weighted by Crippen LogP contribution is 2.43. The number of carboxylic acid groups (broad SMARTS) is 1. The molecule has 3 aliphatic rings. The van der Waals surface area contributed by atoms with E-state index >= 15 is 4.39 Å². The first-order valence-corrected chi connectivity index (χ1v) is 10.1. The number of halogens is 2. The molecular formula is C21H23F2N3O3. The monoisotopic (exact) mass is 403 g/mol. The number of fused-ring (bicyclic) bond motifs is 2. The highest BCUT2D eigenvalue weighted by atomic mass is 19.1. The highest BCUT2D eigenvalue weighted by Gasteiger charge is 2.41. The topological polar surface area (TPSA) is 74.6 Å². The zero-order chi connectivity index (χ0) is 20.4. The molecule has 3 fully saturated rings. The Morgan fingerprint density at radius 3 is 2.76 bits per heavy atom. The first kappa shape index (κ1) is 18.5. The number of hydrogen-bond donors (Lipinski definition) is 2. The Morgan fingerprint density at radius 2 is 2.10 bits per heavy atom. The molecule has 1 aliphatic carbocycles. The van der Waals surface area contributed by atoms with Crippen LogP contribution in [0.2, 0.25) is 0 Å². The molecule has 2 aromatic rings. The van der Waals surface area contributed by atoms with E-state index in [1.807, 2.05) is 4.90 Å². The second-order valence-electron chi connectivity index (χ2n) is 8.50. The minimum absolute atomic E-state index is 0.00233. The lowest BCUT2D eigenvalue weighted by Crippen LogP contribution is -2.40. The standard InChI is InChI=1S/C21H23F2N3O3/c1-10-18-12(20(27)13(21(28)29)8-26(18)17-6-14(17)22)5-15(23)19(10)25-7-11-3-2-4-24-16(11)9-25/h5,8,11,14,16-17,24H,2-4,6-7,9H2,1H3,(H,28,29). The maximum Gasteiger partial charge on any atom is 0.341 e. The number of piperidine rings is 1. The van der Waals surface area contributed by atoms with E-state index in [2.05, 4.69) is 5.32 Å². The average molecular weight is 403 g/mol. The lowest BCUT2D eigenvalue weighted by Gasteiger charge is -2.24. The molecule has 4 unspecified atom stereocenters. The van der Waals surface area contributed by atoms with E-state index in [9.17, 15) is 19.1 Å². The zero-order valence-corrected chi connectivity index (χ0v) is 16.1. The van der Waals surface area contributed by atoms with Crippen molar-refractivity contribution in [2.75, 3.05) is 24.5 Å². The number of aromatic carboxylic acids is 1. The Hall–Kier alpha value is -2.48. The van der Waals surface area contributed by atoms with Crippen LogP contribution >= 0.6 is 0 Å². The normalized spacial score (nSPS) is 28.6. The van der Waals surface area contributed by atoms with Crippen molar-refractivity contribution in [2.45, 2.75) is 44.4 Å². The second kappa shape index (κ2) is 6.52. The highest BCUT2D eigenvalue weighted by molar-refractivity contribution is 5.95. The molecule has 2 N–H and O–H groups in total. The van der Waals surface area contributed by atoms with Crippen LogP contribution in [0.1, 0.15) is 41.2 Å². The van der Waals surface area contributed by atoms with E-state index in [0.29, 0.717) is 35.3 Å². The van der Waals surface area contributed by atoms with E-state index in [-0.39, 0.29) is 11.8 Å². The molecule has 0 spiro atoms. The third-order valence-corrected chi connectivity index (χ3v) is 6.66. The largest absolute Gasteiger partial charge is 0.477 e. The lowest BCUT2D eigenvalue weighted by molar-refractivity contribution is 0.0694. The smallest absolute Gasteiger partial charge is 0.341 e. The van der Waals surface area contributed by atoms with E-state index in [4.69, 9.17) is 0 Å². The molecule has 0 bridgehead atoms. The Labute approximate surface area is 166 Å². The van der Waals surface area contributed by atoms with Crippen molar-refractivity contribution in [1.29, 1.82) is 0 Å². The van der Waals surface area contributed by atoms with Gasteiger partial charge in [-0.1, -0.05) is 0 Å². The molecular weight excluding hydrogens is 380 g/mol. The van der Waals surface area contributed by atoms with Gasteiger partial charge in [-0.05, 0) is 43.9 Å². The molecule has 154 valence electrons. The van der Waals surface area contributed by atoms with Gasteiger partial charge in [0.25, 0.3) is 0 Å². The van der Waals surface area contributed by atoms with Crippen LogP contribution in [0.5, 0.6) is 0 Å². The van der Waals surface area contributed by atoms with Gasteiger partial charge in [-0.2, -0.15) is 0 Å². The van der Waals surface area contributed by atoms with Crippen LogP contribution in [0.25, 0.3) is 10.9 Å². The second-order valence-corrected chi connectivity index (χ2v) is 8.50. The average Bonchev–Trinajstić information content (AvgIpc) is 3.24. The molecule has 1 aromatic carbocycles. The van der Waals surface area contributed by atoms with Crippen LogP contribution in [0.4, 0.5) is 14.5 Å². The van der Waals surface area contributed by atoms with Crippen LogP contribution in [-0.2, 0) is 0 Å². The molecule has 2 saturated heterocycles. The quantitative estimate of drug-likeness (QED) is 0.824. The van der Waals surface area contributed by atoms with Crippen LogP contribution in [0, 0.1) is 18.7 Å². The van der Waals surface area contributed by atoms with Crippen molar-refractivity contribution in [3.05, 3.63) is 39.4 Å². The fraction of sp³-hybridized carbons (Fsp3) is 0.524. The van der Waals surface area contributed by atoms with Crippen LogP contribution in [0.3, 0.4) is 0 Å². The summed E-state index contributed by atoms with van der Waals surface area (Å²) in [4.78, 5) is 26.2. The summed E-state index contributed by atoms with van der Waals surface area (Å²) in [7, 11) is 0. The summed E-state index contributed by atoms with van der Waals surface area (Å²) in [6, 6.07) is 0.929. The van der Waals surface area contributed by atoms with Gasteiger partial charge >= 0.3 is 5.97 Å². The molecule has 1 aromatic heterocycles. The van der Waals surface area contributed by atoms with Gasteiger partial charge in [-0.15, -0.1) is 0 Å². The molecule has 3 heterocycles. The zero-order valence-electron chi connectivity index (χ0n) is 16.1. The van der Waals surface area contributed by atoms with Crippen molar-refractivity contribution in [3.63, 3.8) is 0 Å². The van der Waals surface area contributed by atoms with Gasteiger partial charge in [-0.3, -0.25) is 4.79 Å². The minimum Gasteiger partial charge on any atom is -0.477 e. The SMILES string of the molecule is Cc1c(N2CC3CCCNC3C2)c(F)cc2c(=O)c(C(=O)O)cn(C3CC3F)c12. The molecule has 0 amide bonds. The van der Waals surface area contributed by atoms with Gasteiger partial charge < -0.3 is 19.9 Å². The van der Waals surface area contributed by atoms with Crippen molar-refractivity contribution < 1.29 is 18.7 Å². The first-order valence-electron chi connectivity index (χ1n) is 10.1. The van der Waals surface area contributed by atoms with Crippen molar-refractivity contribution >= 4 is 22.6 Å². The summed E-state index contributed by atoms with van der Waals surface area (Å²) in [6.07, 6.45) is 2.60.